The van der Waals surface area contributed by atoms with Gasteiger partial charge in [-0.1, -0.05) is 109 Å². The molecular formula is C35H26N2OSi. The van der Waals surface area contributed by atoms with E-state index in [0.717, 1.165) is 27.6 Å². The predicted molar refractivity (Wildman–Crippen MR) is 164 cm³/mol. The van der Waals surface area contributed by atoms with E-state index < -0.39 is 8.07 Å². The topological polar surface area (TPSA) is 38.0 Å². The summed E-state index contributed by atoms with van der Waals surface area (Å²) in [4.78, 5) is 4.91. The minimum absolute atomic E-state index is 0.240. The summed E-state index contributed by atoms with van der Waals surface area (Å²) in [6.45, 7) is 0. The quantitative estimate of drug-likeness (QED) is 0.249. The summed E-state index contributed by atoms with van der Waals surface area (Å²) in [6, 6.07) is 51.1. The Balaban J connectivity index is 1.58. The highest BCUT2D eigenvalue weighted by molar-refractivity contribution is 7.19. The van der Waals surface area contributed by atoms with Crippen LogP contribution in [0.2, 0.25) is 0 Å². The summed E-state index contributed by atoms with van der Waals surface area (Å²) < 4.78 is 2.17. The largest absolute Gasteiger partial charge is 0.508 e. The molecule has 0 amide bonds. The second-order valence-corrected chi connectivity index (χ2v) is 13.6. The van der Waals surface area contributed by atoms with Crippen molar-refractivity contribution in [2.75, 3.05) is 0 Å². The van der Waals surface area contributed by atoms with Crippen LogP contribution in [0.1, 0.15) is 0 Å². The lowest BCUT2D eigenvalue weighted by molar-refractivity contribution is 0.476. The normalized spacial score (nSPS) is 11.7. The number of para-hydroxylation sites is 1. The van der Waals surface area contributed by atoms with Crippen LogP contribution in [0.3, 0.4) is 0 Å². The second-order valence-electron chi connectivity index (χ2n) is 9.80. The third kappa shape index (κ3) is 3.68. The third-order valence-electron chi connectivity index (χ3n) is 7.69. The summed E-state index contributed by atoms with van der Waals surface area (Å²) in [6.07, 6.45) is 1.94. The summed E-state index contributed by atoms with van der Waals surface area (Å²) in [5.74, 6) is 1.08. The highest BCUT2D eigenvalue weighted by Gasteiger charge is 2.41. The number of phenolic OH excluding ortho intramolecular Hbond substituents is 1. The summed E-state index contributed by atoms with van der Waals surface area (Å²) >= 11 is 0. The summed E-state index contributed by atoms with van der Waals surface area (Å²) in [5.41, 5.74) is 2.00. The maximum Gasteiger partial charge on any atom is 0.179 e. The molecule has 0 aliphatic heterocycles. The zero-order chi connectivity index (χ0) is 26.2. The Morgan fingerprint density at radius 3 is 1.64 bits per heavy atom. The van der Waals surface area contributed by atoms with Crippen LogP contribution in [0.4, 0.5) is 0 Å². The summed E-state index contributed by atoms with van der Waals surface area (Å²) in [7, 11) is -2.69. The molecule has 3 nitrogen and oxygen atoms in total. The van der Waals surface area contributed by atoms with E-state index >= 15 is 0 Å². The first kappa shape index (κ1) is 23.2. The molecule has 0 aliphatic carbocycles. The predicted octanol–water partition coefficient (Wildman–Crippen LogP) is 5.26. The van der Waals surface area contributed by atoms with E-state index in [1.165, 1.54) is 20.7 Å². The highest BCUT2D eigenvalue weighted by atomic mass is 28.3. The molecule has 7 rings (SSSR count). The van der Waals surface area contributed by atoms with Gasteiger partial charge in [0, 0.05) is 23.0 Å². The van der Waals surface area contributed by atoms with E-state index in [9.17, 15) is 5.11 Å². The molecule has 0 saturated carbocycles. The average Bonchev–Trinajstić information content (AvgIpc) is 3.33. The van der Waals surface area contributed by atoms with Gasteiger partial charge in [0.1, 0.15) is 11.6 Å². The van der Waals surface area contributed by atoms with Gasteiger partial charge in [-0.3, -0.25) is 4.57 Å². The molecule has 0 atom stereocenters. The van der Waals surface area contributed by atoms with Crippen molar-refractivity contribution in [3.63, 3.8) is 0 Å². The Morgan fingerprint density at radius 2 is 1.03 bits per heavy atom. The van der Waals surface area contributed by atoms with Crippen molar-refractivity contribution in [3.8, 4) is 11.6 Å². The number of fused-ring (bicyclic) bond motifs is 3. The smallest absolute Gasteiger partial charge is 0.179 e. The minimum atomic E-state index is -2.69. The first-order chi connectivity index (χ1) is 19.3. The lowest BCUT2D eigenvalue weighted by atomic mass is 10.1. The standard InChI is InChI=1S/C35H26N2OSi/c38-26-20-21-32-31-18-10-11-19-33(31)37(34(32)24-26)35-25-30(22-23-36-35)39(27-12-4-1-5-13-27,28-14-6-2-7-15-28)29-16-8-3-9-17-29/h1-25,38H. The zero-order valence-corrected chi connectivity index (χ0v) is 22.3. The molecule has 2 heterocycles. The van der Waals surface area contributed by atoms with Crippen molar-refractivity contribution >= 4 is 50.6 Å². The van der Waals surface area contributed by atoms with Gasteiger partial charge in [-0.05, 0) is 51.1 Å². The Hall–Kier alpha value is -4.93. The van der Waals surface area contributed by atoms with Gasteiger partial charge in [0.05, 0.1) is 11.0 Å². The number of phenols is 1. The maximum absolute atomic E-state index is 10.4. The third-order valence-corrected chi connectivity index (χ3v) is 12.5. The molecule has 0 spiro atoms. The van der Waals surface area contributed by atoms with Gasteiger partial charge >= 0.3 is 0 Å². The molecule has 0 fully saturated rings. The number of nitrogens with zero attached hydrogens (tertiary/aromatic N) is 2. The van der Waals surface area contributed by atoms with Crippen molar-refractivity contribution in [3.05, 3.63) is 152 Å². The number of aromatic hydroxyl groups is 1. The van der Waals surface area contributed by atoms with E-state index in [-0.39, 0.29) is 5.75 Å². The number of pyridine rings is 1. The SMILES string of the molecule is Oc1ccc2c3ccccc3n(-c3cc([Si](c4ccccc4)(c4ccccc4)c4ccccc4)ccn3)c2c1. The van der Waals surface area contributed by atoms with Gasteiger partial charge in [-0.15, -0.1) is 0 Å². The van der Waals surface area contributed by atoms with Crippen LogP contribution in [0.5, 0.6) is 5.75 Å². The molecular weight excluding hydrogens is 492 g/mol. The molecule has 2 aromatic heterocycles. The molecule has 186 valence electrons. The van der Waals surface area contributed by atoms with Crippen molar-refractivity contribution in [2.24, 2.45) is 0 Å². The average molecular weight is 519 g/mol. The minimum Gasteiger partial charge on any atom is -0.508 e. The van der Waals surface area contributed by atoms with E-state index in [1.807, 2.05) is 18.3 Å². The van der Waals surface area contributed by atoms with E-state index in [4.69, 9.17) is 4.98 Å². The van der Waals surface area contributed by atoms with E-state index in [1.54, 1.807) is 6.07 Å². The zero-order valence-electron chi connectivity index (χ0n) is 21.3. The van der Waals surface area contributed by atoms with Gasteiger partial charge in [0.2, 0.25) is 0 Å². The van der Waals surface area contributed by atoms with Gasteiger partial charge < -0.3 is 5.11 Å². The first-order valence-corrected chi connectivity index (χ1v) is 15.1. The number of benzene rings is 5. The van der Waals surface area contributed by atoms with Gasteiger partial charge in [0.15, 0.2) is 8.07 Å². The Bertz CT molecular complexity index is 1820. The van der Waals surface area contributed by atoms with Crippen LogP contribution in [-0.4, -0.2) is 22.7 Å². The Morgan fingerprint density at radius 1 is 0.487 bits per heavy atom. The number of hydrogen-bond acceptors (Lipinski definition) is 2. The van der Waals surface area contributed by atoms with Crippen LogP contribution >= 0.6 is 0 Å². The lowest BCUT2D eigenvalue weighted by Crippen LogP contribution is -2.74. The first-order valence-electron chi connectivity index (χ1n) is 13.1. The van der Waals surface area contributed by atoms with Crippen LogP contribution in [0.25, 0.3) is 27.6 Å². The Kier molecular flexibility index (Phi) is 5.61. The van der Waals surface area contributed by atoms with Crippen LogP contribution in [-0.2, 0) is 0 Å². The molecule has 5 aromatic carbocycles. The number of aromatic nitrogens is 2. The molecule has 4 heteroatoms. The monoisotopic (exact) mass is 518 g/mol. The van der Waals surface area contributed by atoms with E-state index in [0.29, 0.717) is 0 Å². The molecule has 39 heavy (non-hydrogen) atoms. The van der Waals surface area contributed by atoms with Crippen LogP contribution in [0, 0.1) is 0 Å². The molecule has 0 saturated heterocycles. The summed E-state index contributed by atoms with van der Waals surface area (Å²) in [5, 5.41) is 17.9. The fraction of sp³-hybridized carbons (Fsp3) is 0. The molecule has 0 radical (unpaired) electrons. The number of rotatable bonds is 5. The van der Waals surface area contributed by atoms with Crippen molar-refractivity contribution in [2.45, 2.75) is 0 Å². The Labute approximate surface area is 228 Å². The fourth-order valence-corrected chi connectivity index (χ4v) is 10.8. The highest BCUT2D eigenvalue weighted by Crippen LogP contribution is 2.33. The maximum atomic E-state index is 10.4. The lowest BCUT2D eigenvalue weighted by Gasteiger charge is -2.34. The number of hydrogen-bond donors (Lipinski definition) is 1. The molecule has 0 bridgehead atoms. The van der Waals surface area contributed by atoms with Crippen LogP contribution < -0.4 is 20.7 Å². The van der Waals surface area contributed by atoms with Gasteiger partial charge in [-0.2, -0.15) is 0 Å². The molecule has 0 unspecified atom stereocenters. The van der Waals surface area contributed by atoms with Crippen molar-refractivity contribution in [1.29, 1.82) is 0 Å². The van der Waals surface area contributed by atoms with Crippen LogP contribution in [0.15, 0.2) is 152 Å². The van der Waals surface area contributed by atoms with Gasteiger partial charge in [-0.25, -0.2) is 4.98 Å². The van der Waals surface area contributed by atoms with Gasteiger partial charge in [0.25, 0.3) is 0 Å². The van der Waals surface area contributed by atoms with Crippen molar-refractivity contribution < 1.29 is 5.11 Å². The molecule has 1 N–H and O–H groups in total. The van der Waals surface area contributed by atoms with Crippen molar-refractivity contribution in [1.82, 2.24) is 9.55 Å². The molecule has 0 aliphatic rings. The molecule has 7 aromatic rings. The second kappa shape index (κ2) is 9.42. The van der Waals surface area contributed by atoms with E-state index in [2.05, 4.69) is 132 Å². The fourth-order valence-electron chi connectivity index (χ4n) is 6.04.